The van der Waals surface area contributed by atoms with E-state index in [1.807, 2.05) is 0 Å². The molecular formula is C5H4N5O6PS. The summed E-state index contributed by atoms with van der Waals surface area (Å²) in [6.45, 7) is 0. The zero-order chi connectivity index (χ0) is 13.5. The molecule has 0 aliphatic rings. The maximum atomic E-state index is 10.8. The highest BCUT2D eigenvalue weighted by Crippen LogP contribution is 2.26. The second kappa shape index (κ2) is 4.10. The van der Waals surface area contributed by atoms with Gasteiger partial charge in [-0.15, -0.1) is 4.34 Å². The molecule has 13 heteroatoms. The monoisotopic (exact) mass is 293 g/mol. The van der Waals surface area contributed by atoms with Gasteiger partial charge in [-0.3, -0.25) is 4.55 Å². The van der Waals surface area contributed by atoms with Crippen molar-refractivity contribution in [2.75, 3.05) is 5.73 Å². The third-order valence-electron chi connectivity index (χ3n) is 1.75. The van der Waals surface area contributed by atoms with Crippen LogP contribution in [0, 0.1) is 0 Å². The largest absolute Gasteiger partial charge is 0.573 e. The standard InChI is InChI=1S/C5H4N5O6PS/c6-3-2-4(7-1-10(2)17(11)12)9-5(8-3)16-18(13,14)15/h1H,(H2,6,8,9)(H,13,14,15). The highest BCUT2D eigenvalue weighted by molar-refractivity contribution is 7.81. The van der Waals surface area contributed by atoms with Crippen LogP contribution in [0.1, 0.15) is 0 Å². The van der Waals surface area contributed by atoms with Gasteiger partial charge < -0.3 is 14.8 Å². The smallest absolute Gasteiger partial charge is 0.449 e. The first kappa shape index (κ1) is 12.6. The van der Waals surface area contributed by atoms with Gasteiger partial charge in [0.15, 0.2) is 17.0 Å². The second-order valence-electron chi connectivity index (χ2n) is 2.90. The minimum Gasteiger partial charge on any atom is -0.573 e. The van der Waals surface area contributed by atoms with Crippen molar-refractivity contribution in [3.63, 3.8) is 0 Å². The van der Waals surface area contributed by atoms with Crippen molar-refractivity contribution in [3.8, 4) is 6.01 Å². The van der Waals surface area contributed by atoms with E-state index in [0.717, 1.165) is 6.33 Å². The van der Waals surface area contributed by atoms with Crippen LogP contribution >= 0.6 is 8.18 Å². The molecule has 0 amide bonds. The Bertz CT molecular complexity index is 740. The zero-order valence-corrected chi connectivity index (χ0v) is 10.00. The van der Waals surface area contributed by atoms with Crippen LogP contribution in [0.3, 0.4) is 0 Å². The van der Waals surface area contributed by atoms with Crippen molar-refractivity contribution in [2.45, 2.75) is 0 Å². The van der Waals surface area contributed by atoms with Crippen LogP contribution in [0.25, 0.3) is 11.2 Å². The fourth-order valence-electron chi connectivity index (χ4n) is 1.17. The van der Waals surface area contributed by atoms with Crippen LogP contribution in [0.15, 0.2) is 6.33 Å². The molecule has 18 heavy (non-hydrogen) atoms. The predicted molar refractivity (Wildman–Crippen MR) is 54.9 cm³/mol. The maximum absolute atomic E-state index is 10.8. The molecule has 0 aliphatic heterocycles. The Labute approximate surface area is 100 Å². The Kier molecular flexibility index (Phi) is 2.86. The van der Waals surface area contributed by atoms with Gasteiger partial charge in [-0.2, -0.15) is 18.4 Å². The summed E-state index contributed by atoms with van der Waals surface area (Å²) in [7, 11) is -7.83. The minimum atomic E-state index is -4.81. The van der Waals surface area contributed by atoms with Crippen molar-refractivity contribution in [3.05, 3.63) is 6.33 Å². The van der Waals surface area contributed by atoms with Gasteiger partial charge >= 0.3 is 24.6 Å². The van der Waals surface area contributed by atoms with E-state index < -0.39 is 24.6 Å². The Hall–Kier alpha value is -1.88. The van der Waals surface area contributed by atoms with Gasteiger partial charge in [0.1, 0.15) is 6.33 Å². The van der Waals surface area contributed by atoms with Gasteiger partial charge in [0.05, 0.1) is 0 Å². The Morgan fingerprint density at radius 2 is 2.17 bits per heavy atom. The number of hydrogen-bond donors (Lipinski definition) is 2. The molecule has 0 aromatic carbocycles. The first-order valence-corrected chi connectivity index (χ1v) is 6.59. The van der Waals surface area contributed by atoms with E-state index in [0.29, 0.717) is 4.34 Å². The summed E-state index contributed by atoms with van der Waals surface area (Å²) in [6, 6.07) is -0.770. The molecule has 0 saturated carbocycles. The van der Waals surface area contributed by atoms with Crippen LogP contribution in [0.2, 0.25) is 0 Å². The average Bonchev–Trinajstić information content (AvgIpc) is 2.58. The topological polar surface area (TPSA) is 173 Å². The molecule has 2 aromatic heterocycles. The molecule has 0 aliphatic carbocycles. The molecule has 11 nitrogen and oxygen atoms in total. The molecule has 2 rings (SSSR count). The Morgan fingerprint density at radius 1 is 1.50 bits per heavy atom. The molecule has 96 valence electrons. The lowest BCUT2D eigenvalue weighted by Crippen LogP contribution is -2.10. The van der Waals surface area contributed by atoms with E-state index >= 15 is 0 Å². The lowest BCUT2D eigenvalue weighted by atomic mass is 10.5. The number of nitrogens with two attached hydrogens (primary N) is 1. The van der Waals surface area contributed by atoms with Crippen LogP contribution in [-0.2, 0) is 15.0 Å². The zero-order valence-electron chi connectivity index (χ0n) is 8.29. The summed E-state index contributed by atoms with van der Waals surface area (Å²) in [5, 5.41) is 0. The summed E-state index contributed by atoms with van der Waals surface area (Å²) < 4.78 is 44.8. The predicted octanol–water partition coefficient (Wildman–Crippen LogP) is -1.54. The lowest BCUT2D eigenvalue weighted by molar-refractivity contribution is -0.166. The lowest BCUT2D eigenvalue weighted by Gasteiger charge is -2.01. The van der Waals surface area contributed by atoms with Crippen molar-refractivity contribution in [1.82, 2.24) is 19.3 Å². The first-order chi connectivity index (χ1) is 8.28. The second-order valence-corrected chi connectivity index (χ2v) is 4.83. The molecule has 0 saturated heterocycles. The van der Waals surface area contributed by atoms with Gasteiger partial charge in [0, 0.05) is 0 Å². The van der Waals surface area contributed by atoms with Crippen molar-refractivity contribution >= 4 is 35.6 Å². The van der Waals surface area contributed by atoms with Crippen LogP contribution in [0.4, 0.5) is 5.82 Å². The fraction of sp³-hybridized carbons (Fsp3) is 0. The van der Waals surface area contributed by atoms with Crippen molar-refractivity contribution in [2.24, 2.45) is 0 Å². The first-order valence-electron chi connectivity index (χ1n) is 4.10. The average molecular weight is 293 g/mol. The summed E-state index contributed by atoms with van der Waals surface area (Å²) in [5.74, 6) is -0.365. The molecular weight excluding hydrogens is 289 g/mol. The number of nitrogen functional groups attached to an aromatic ring is 1. The number of hydrogen-bond acceptors (Lipinski definition) is 9. The number of rotatable bonds is 3. The molecule has 0 radical (unpaired) electrons. The summed E-state index contributed by atoms with van der Waals surface area (Å²) in [4.78, 5) is 21.3. The van der Waals surface area contributed by atoms with E-state index in [9.17, 15) is 17.9 Å². The molecule has 0 spiro atoms. The number of fused-ring (bicyclic) bond motifs is 1. The van der Waals surface area contributed by atoms with Gasteiger partial charge in [0.25, 0.3) is 0 Å². The number of imidazole rings is 1. The van der Waals surface area contributed by atoms with Gasteiger partial charge in [-0.1, -0.05) is 0 Å². The molecule has 2 heterocycles. The molecule has 0 fully saturated rings. The van der Waals surface area contributed by atoms with E-state index in [4.69, 9.17) is 10.3 Å². The quantitative estimate of drug-likeness (QED) is 0.498. The van der Waals surface area contributed by atoms with E-state index in [-0.39, 0.29) is 17.0 Å². The summed E-state index contributed by atoms with van der Waals surface area (Å²) in [5.41, 5.74) is 5.11. The number of aromatic nitrogens is 4. The van der Waals surface area contributed by atoms with Gasteiger partial charge in [-0.25, -0.2) is 4.98 Å². The molecule has 3 N–H and O–H groups in total. The maximum Gasteiger partial charge on any atom is 0.449 e. The fourth-order valence-corrected chi connectivity index (χ4v) is 1.93. The van der Waals surface area contributed by atoms with E-state index in [1.165, 1.54) is 0 Å². The van der Waals surface area contributed by atoms with Crippen molar-refractivity contribution < 1.29 is 26.6 Å². The van der Waals surface area contributed by atoms with Gasteiger partial charge in [0.2, 0.25) is 0 Å². The Morgan fingerprint density at radius 3 is 2.72 bits per heavy atom. The van der Waals surface area contributed by atoms with E-state index in [1.54, 1.807) is 0 Å². The SMILES string of the molecule is Nc1nc(OS(=O)(=O)O)nc2ncn([P+](=O)[O-])c12. The molecule has 2 aromatic rings. The van der Waals surface area contributed by atoms with Crippen molar-refractivity contribution in [1.29, 1.82) is 0 Å². The summed E-state index contributed by atoms with van der Waals surface area (Å²) >= 11 is 0. The third kappa shape index (κ3) is 2.36. The molecule has 1 atom stereocenters. The highest BCUT2D eigenvalue weighted by atomic mass is 32.3. The van der Waals surface area contributed by atoms with Gasteiger partial charge in [-0.05, 0) is 4.57 Å². The highest BCUT2D eigenvalue weighted by Gasteiger charge is 2.20. The van der Waals surface area contributed by atoms with Crippen LogP contribution in [0.5, 0.6) is 6.01 Å². The number of nitrogens with zero attached hydrogens (tertiary/aromatic N) is 4. The van der Waals surface area contributed by atoms with Crippen LogP contribution in [-0.4, -0.2) is 32.3 Å². The molecule has 1 unspecified atom stereocenters. The van der Waals surface area contributed by atoms with Crippen LogP contribution < -0.4 is 14.8 Å². The third-order valence-corrected chi connectivity index (χ3v) is 2.76. The summed E-state index contributed by atoms with van der Waals surface area (Å²) in [6.07, 6.45) is 0.915. The minimum absolute atomic E-state index is 0.117. The molecule has 0 bridgehead atoms. The Balaban J connectivity index is 2.62. The number of anilines is 1. The normalized spacial score (nSPS) is 12.7. The van der Waals surface area contributed by atoms with E-state index in [2.05, 4.69) is 19.1 Å².